The maximum atomic E-state index is 4.80. The smallest absolute Gasteiger partial charge is 0.247 e. The Balaban J connectivity index is 1.43. The van der Waals surface area contributed by atoms with Crippen molar-refractivity contribution in [2.75, 3.05) is 24.7 Å². The van der Waals surface area contributed by atoms with Crippen LogP contribution in [0.3, 0.4) is 0 Å². The minimum Gasteiger partial charge on any atom is -0.323 e. The molecule has 1 aliphatic heterocycles. The van der Waals surface area contributed by atoms with Gasteiger partial charge in [0.2, 0.25) is 5.95 Å². The lowest BCUT2D eigenvalue weighted by Crippen LogP contribution is -2.26. The summed E-state index contributed by atoms with van der Waals surface area (Å²) in [5.41, 5.74) is 5.46. The molecule has 1 fully saturated rings. The third-order valence-electron chi connectivity index (χ3n) is 5.88. The Bertz CT molecular complexity index is 1220. The van der Waals surface area contributed by atoms with Gasteiger partial charge in [0.25, 0.3) is 0 Å². The second kappa shape index (κ2) is 8.65. The molecule has 1 unspecified atom stereocenters. The maximum Gasteiger partial charge on any atom is 0.247 e. The van der Waals surface area contributed by atoms with Crippen LogP contribution >= 0.6 is 10.5 Å². The summed E-state index contributed by atoms with van der Waals surface area (Å²) in [4.78, 5) is 6.06. The first-order valence-electron chi connectivity index (χ1n) is 10.7. The van der Waals surface area contributed by atoms with E-state index in [9.17, 15) is 0 Å². The van der Waals surface area contributed by atoms with Crippen molar-refractivity contribution in [1.82, 2.24) is 19.9 Å². The summed E-state index contributed by atoms with van der Waals surface area (Å²) >= 11 is 0. The van der Waals surface area contributed by atoms with Gasteiger partial charge in [-0.25, -0.2) is 4.52 Å². The van der Waals surface area contributed by atoms with Crippen LogP contribution in [0.15, 0.2) is 71.8 Å². The van der Waals surface area contributed by atoms with Crippen molar-refractivity contribution in [3.63, 3.8) is 0 Å². The molecule has 5 rings (SSSR count). The van der Waals surface area contributed by atoms with Crippen LogP contribution in [-0.2, 0) is 0 Å². The van der Waals surface area contributed by atoms with E-state index in [-0.39, 0.29) is 10.5 Å². The zero-order valence-electron chi connectivity index (χ0n) is 17.7. The number of piperidine rings is 1. The monoisotopic (exact) mass is 429 g/mol. The number of anilines is 2. The molecule has 5 nitrogen and oxygen atoms in total. The molecule has 0 spiro atoms. The van der Waals surface area contributed by atoms with Gasteiger partial charge in [-0.1, -0.05) is 30.1 Å². The van der Waals surface area contributed by atoms with Gasteiger partial charge in [0.05, 0.1) is 0 Å². The molecule has 4 aromatic rings. The standard InChI is InChI=1S/C25H27N5S/c1-31(2)22-10-8-19(9-11-22)23-7-4-16-30-24(23)28-25(29-30)27-21-6-3-5-20(17-21)18-12-14-26-15-13-18/h3-11,16-18,26H,1,12-15H2,2H3,(H,27,29). The Hall–Kier alpha value is -2.96. The molecular weight excluding hydrogens is 402 g/mol. The van der Waals surface area contributed by atoms with Crippen LogP contribution in [0.2, 0.25) is 0 Å². The first-order chi connectivity index (χ1) is 15.2. The lowest BCUT2D eigenvalue weighted by Gasteiger charge is -2.23. The summed E-state index contributed by atoms with van der Waals surface area (Å²) < 4.78 is 1.84. The van der Waals surface area contributed by atoms with E-state index in [1.807, 2.05) is 16.8 Å². The lowest BCUT2D eigenvalue weighted by atomic mass is 9.90. The van der Waals surface area contributed by atoms with Crippen molar-refractivity contribution in [2.24, 2.45) is 0 Å². The third-order valence-corrected chi connectivity index (χ3v) is 6.96. The molecule has 3 heterocycles. The predicted molar refractivity (Wildman–Crippen MR) is 132 cm³/mol. The van der Waals surface area contributed by atoms with Gasteiger partial charge < -0.3 is 10.6 Å². The Kier molecular flexibility index (Phi) is 5.57. The highest BCUT2D eigenvalue weighted by molar-refractivity contribution is 8.13. The van der Waals surface area contributed by atoms with E-state index in [0.717, 1.165) is 35.6 Å². The Morgan fingerprint density at radius 2 is 1.87 bits per heavy atom. The van der Waals surface area contributed by atoms with Crippen LogP contribution in [0, 0.1) is 0 Å². The summed E-state index contributed by atoms with van der Waals surface area (Å²) in [5.74, 6) is 5.36. The number of rotatable bonds is 5. The van der Waals surface area contributed by atoms with Gasteiger partial charge in [-0.15, -0.1) is 5.10 Å². The first-order valence-corrected chi connectivity index (χ1v) is 12.5. The van der Waals surface area contributed by atoms with Gasteiger partial charge in [0.1, 0.15) is 0 Å². The topological polar surface area (TPSA) is 54.2 Å². The van der Waals surface area contributed by atoms with Crippen LogP contribution in [0.25, 0.3) is 16.8 Å². The number of aromatic nitrogens is 3. The summed E-state index contributed by atoms with van der Waals surface area (Å²) in [7, 11) is 0.00989. The molecule has 0 bridgehead atoms. The zero-order chi connectivity index (χ0) is 21.2. The lowest BCUT2D eigenvalue weighted by molar-refractivity contribution is 0.460. The van der Waals surface area contributed by atoms with Crippen molar-refractivity contribution in [2.45, 2.75) is 23.7 Å². The summed E-state index contributed by atoms with van der Waals surface area (Å²) in [5, 5.41) is 11.5. The van der Waals surface area contributed by atoms with Crippen molar-refractivity contribution >= 4 is 33.6 Å². The fourth-order valence-corrected chi connectivity index (χ4v) is 4.81. The number of benzene rings is 2. The molecule has 0 aliphatic carbocycles. The summed E-state index contributed by atoms with van der Waals surface area (Å²) in [6.07, 6.45) is 6.44. The molecule has 2 aromatic heterocycles. The Morgan fingerprint density at radius 3 is 2.65 bits per heavy atom. The highest BCUT2D eigenvalue weighted by Crippen LogP contribution is 2.30. The number of hydrogen-bond acceptors (Lipinski definition) is 4. The average Bonchev–Trinajstić information content (AvgIpc) is 3.22. The summed E-state index contributed by atoms with van der Waals surface area (Å²) in [6.45, 7) is 2.18. The predicted octanol–water partition coefficient (Wildman–Crippen LogP) is 5.30. The Morgan fingerprint density at radius 1 is 1.06 bits per heavy atom. The zero-order valence-corrected chi connectivity index (χ0v) is 18.5. The molecule has 2 aromatic carbocycles. The van der Waals surface area contributed by atoms with E-state index < -0.39 is 0 Å². The minimum absolute atomic E-state index is 0.00989. The van der Waals surface area contributed by atoms with Gasteiger partial charge in [-0.3, -0.25) is 0 Å². The molecule has 0 amide bonds. The van der Waals surface area contributed by atoms with Crippen LogP contribution < -0.4 is 10.6 Å². The first kappa shape index (κ1) is 20.0. The fraction of sp³-hybridized carbons (Fsp3) is 0.240. The van der Waals surface area contributed by atoms with Gasteiger partial charge >= 0.3 is 0 Å². The number of fused-ring (bicyclic) bond motifs is 1. The SMILES string of the molecule is C=S(C)c1ccc(-c2cccn3nc(Nc4cccc(C5CCNCC5)c4)nc23)cc1. The molecule has 6 heteroatoms. The second-order valence-electron chi connectivity index (χ2n) is 8.06. The molecule has 31 heavy (non-hydrogen) atoms. The largest absolute Gasteiger partial charge is 0.323 e. The normalized spacial score (nSPS) is 15.8. The van der Waals surface area contributed by atoms with Gasteiger partial charge in [0.15, 0.2) is 5.65 Å². The molecule has 1 aliphatic rings. The van der Waals surface area contributed by atoms with E-state index in [2.05, 4.69) is 82.5 Å². The maximum absolute atomic E-state index is 4.80. The molecule has 2 N–H and O–H groups in total. The van der Waals surface area contributed by atoms with Crippen LogP contribution in [0.1, 0.15) is 24.3 Å². The number of nitrogens with zero attached hydrogens (tertiary/aromatic N) is 3. The van der Waals surface area contributed by atoms with Crippen LogP contribution in [0.4, 0.5) is 11.6 Å². The molecule has 0 saturated carbocycles. The Labute approximate surface area is 185 Å². The number of hydrogen-bond donors (Lipinski definition) is 2. The molecule has 0 radical (unpaired) electrons. The molecule has 158 valence electrons. The highest BCUT2D eigenvalue weighted by atomic mass is 32.2. The van der Waals surface area contributed by atoms with Crippen molar-refractivity contribution < 1.29 is 0 Å². The van der Waals surface area contributed by atoms with Crippen molar-refractivity contribution in [3.05, 3.63) is 72.4 Å². The highest BCUT2D eigenvalue weighted by Gasteiger charge is 2.16. The van der Waals surface area contributed by atoms with E-state index in [1.54, 1.807) is 0 Å². The van der Waals surface area contributed by atoms with E-state index >= 15 is 0 Å². The minimum atomic E-state index is 0.00989. The van der Waals surface area contributed by atoms with E-state index in [1.165, 1.54) is 23.3 Å². The van der Waals surface area contributed by atoms with Gasteiger partial charge in [0, 0.05) is 22.3 Å². The van der Waals surface area contributed by atoms with Crippen LogP contribution in [-0.4, -0.2) is 39.8 Å². The molecule has 1 saturated heterocycles. The van der Waals surface area contributed by atoms with E-state index in [4.69, 9.17) is 4.98 Å². The fourth-order valence-electron chi connectivity index (χ4n) is 4.21. The third kappa shape index (κ3) is 4.27. The quantitative estimate of drug-likeness (QED) is 0.423. The number of nitrogens with one attached hydrogen (secondary N) is 2. The van der Waals surface area contributed by atoms with Crippen LogP contribution in [0.5, 0.6) is 0 Å². The summed E-state index contributed by atoms with van der Waals surface area (Å²) in [6, 6.07) is 21.4. The van der Waals surface area contributed by atoms with Gasteiger partial charge in [-0.05, 0) is 85.6 Å². The second-order valence-corrected chi connectivity index (χ2v) is 9.81. The van der Waals surface area contributed by atoms with Gasteiger partial charge in [-0.2, -0.15) is 15.5 Å². The van der Waals surface area contributed by atoms with E-state index in [0.29, 0.717) is 11.9 Å². The molecular formula is C25H27N5S. The average molecular weight is 430 g/mol. The van der Waals surface area contributed by atoms with Crippen molar-refractivity contribution in [3.8, 4) is 11.1 Å². The number of pyridine rings is 1. The van der Waals surface area contributed by atoms with Crippen molar-refractivity contribution in [1.29, 1.82) is 0 Å². The molecule has 1 atom stereocenters.